The summed E-state index contributed by atoms with van der Waals surface area (Å²) in [6.45, 7) is 10.1. The Balaban J connectivity index is 2.80. The first-order valence-electron chi connectivity index (χ1n) is 5.81. The number of anilines is 1. The zero-order valence-electron chi connectivity index (χ0n) is 10.6. The van der Waals surface area contributed by atoms with Gasteiger partial charge in [-0.05, 0) is 29.5 Å². The minimum Gasteiger partial charge on any atom is -0.374 e. The lowest BCUT2D eigenvalue weighted by Crippen LogP contribution is -2.22. The number of nitrogens with zero attached hydrogens (tertiary/aromatic N) is 1. The molecule has 84 valence electrons. The van der Waals surface area contributed by atoms with E-state index in [1.54, 1.807) is 0 Å². The molecule has 0 unspecified atom stereocenters. The molecule has 1 rings (SSSR count). The minimum atomic E-state index is 0.609. The molecule has 0 N–H and O–H groups in total. The van der Waals surface area contributed by atoms with Crippen molar-refractivity contribution in [3.05, 3.63) is 29.8 Å². The molecule has 0 aliphatic carbocycles. The van der Waals surface area contributed by atoms with Gasteiger partial charge in [0.1, 0.15) is 0 Å². The number of benzene rings is 1. The van der Waals surface area contributed by atoms with Crippen molar-refractivity contribution in [1.82, 2.24) is 0 Å². The van der Waals surface area contributed by atoms with Crippen LogP contribution in [0.2, 0.25) is 0 Å². The number of hydrogen-bond acceptors (Lipinski definition) is 1. The fourth-order valence-electron chi connectivity index (χ4n) is 1.77. The molecule has 0 radical (unpaired) electrons. The van der Waals surface area contributed by atoms with Crippen LogP contribution in [-0.2, 0) is 0 Å². The van der Waals surface area contributed by atoms with Crippen molar-refractivity contribution in [1.29, 1.82) is 0 Å². The molecule has 1 aromatic carbocycles. The quantitative estimate of drug-likeness (QED) is 0.720. The third-order valence-corrected chi connectivity index (χ3v) is 2.62. The summed E-state index contributed by atoms with van der Waals surface area (Å²) in [5.41, 5.74) is 2.75. The zero-order valence-corrected chi connectivity index (χ0v) is 10.6. The maximum Gasteiger partial charge on any atom is 0.0366 e. The summed E-state index contributed by atoms with van der Waals surface area (Å²) in [5.74, 6) is 1.31. The molecule has 0 amide bonds. The maximum absolute atomic E-state index is 2.33. The van der Waals surface area contributed by atoms with Crippen LogP contribution in [0, 0.1) is 5.92 Å². The molecule has 0 aliphatic rings. The summed E-state index contributed by atoms with van der Waals surface area (Å²) in [5, 5.41) is 0. The monoisotopic (exact) mass is 205 g/mol. The summed E-state index contributed by atoms with van der Waals surface area (Å²) in [7, 11) is 2.17. The fraction of sp³-hybridized carbons (Fsp3) is 0.571. The normalized spacial score (nSPS) is 11.1. The highest BCUT2D eigenvalue weighted by Gasteiger charge is 2.05. The van der Waals surface area contributed by atoms with Crippen LogP contribution in [0.25, 0.3) is 0 Å². The molecule has 0 aromatic heterocycles. The van der Waals surface area contributed by atoms with Gasteiger partial charge in [-0.15, -0.1) is 0 Å². The van der Waals surface area contributed by atoms with Gasteiger partial charge >= 0.3 is 0 Å². The molecule has 0 aliphatic heterocycles. The molecule has 15 heavy (non-hydrogen) atoms. The minimum absolute atomic E-state index is 0.609. The highest BCUT2D eigenvalue weighted by atomic mass is 15.1. The van der Waals surface area contributed by atoms with Crippen LogP contribution >= 0.6 is 0 Å². The van der Waals surface area contributed by atoms with Gasteiger partial charge in [0.15, 0.2) is 0 Å². The van der Waals surface area contributed by atoms with E-state index in [2.05, 4.69) is 63.9 Å². The Kier molecular flexibility index (Phi) is 4.19. The fourth-order valence-corrected chi connectivity index (χ4v) is 1.77. The van der Waals surface area contributed by atoms with Crippen LogP contribution in [0.4, 0.5) is 5.69 Å². The van der Waals surface area contributed by atoms with Crippen molar-refractivity contribution in [3.8, 4) is 0 Å². The summed E-state index contributed by atoms with van der Waals surface area (Å²) in [6.07, 6.45) is 0. The Morgan fingerprint density at radius 2 is 1.80 bits per heavy atom. The molecule has 0 saturated carbocycles. The molecule has 0 fully saturated rings. The smallest absolute Gasteiger partial charge is 0.0366 e. The van der Waals surface area contributed by atoms with Crippen LogP contribution in [0.1, 0.15) is 39.2 Å². The van der Waals surface area contributed by atoms with Crippen molar-refractivity contribution in [2.45, 2.75) is 33.6 Å². The van der Waals surface area contributed by atoms with Crippen molar-refractivity contribution < 1.29 is 0 Å². The molecule has 1 heteroatoms. The van der Waals surface area contributed by atoms with E-state index in [4.69, 9.17) is 0 Å². The highest BCUT2D eigenvalue weighted by molar-refractivity contribution is 5.48. The zero-order chi connectivity index (χ0) is 11.4. The van der Waals surface area contributed by atoms with Crippen LogP contribution in [0.15, 0.2) is 24.3 Å². The molecular formula is C14H23N. The Bertz CT molecular complexity index is 302. The summed E-state index contributed by atoms with van der Waals surface area (Å²) >= 11 is 0. The van der Waals surface area contributed by atoms with E-state index in [0.29, 0.717) is 11.8 Å². The molecule has 0 bridgehead atoms. The van der Waals surface area contributed by atoms with Crippen molar-refractivity contribution in [2.75, 3.05) is 18.5 Å². The van der Waals surface area contributed by atoms with Gasteiger partial charge in [0, 0.05) is 19.3 Å². The molecule has 0 heterocycles. The average molecular weight is 205 g/mol. The number of rotatable bonds is 4. The predicted octanol–water partition coefficient (Wildman–Crippen LogP) is 3.90. The lowest BCUT2D eigenvalue weighted by Gasteiger charge is -2.22. The van der Waals surface area contributed by atoms with E-state index in [9.17, 15) is 0 Å². The maximum atomic E-state index is 2.33. The van der Waals surface area contributed by atoms with Crippen molar-refractivity contribution >= 4 is 5.69 Å². The first kappa shape index (κ1) is 12.1. The topological polar surface area (TPSA) is 3.24 Å². The van der Waals surface area contributed by atoms with Gasteiger partial charge in [-0.2, -0.15) is 0 Å². The van der Waals surface area contributed by atoms with Gasteiger partial charge in [-0.25, -0.2) is 0 Å². The van der Waals surface area contributed by atoms with E-state index in [-0.39, 0.29) is 0 Å². The van der Waals surface area contributed by atoms with Gasteiger partial charge in [0.05, 0.1) is 0 Å². The Morgan fingerprint density at radius 3 is 2.33 bits per heavy atom. The molecule has 0 saturated heterocycles. The SMILES string of the molecule is CC(C)CN(C)c1cccc(C(C)C)c1. The van der Waals surface area contributed by atoms with Crippen molar-refractivity contribution in [3.63, 3.8) is 0 Å². The second-order valence-corrected chi connectivity index (χ2v) is 5.02. The Morgan fingerprint density at radius 1 is 1.13 bits per heavy atom. The van der Waals surface area contributed by atoms with Crippen LogP contribution in [0.3, 0.4) is 0 Å². The van der Waals surface area contributed by atoms with Gasteiger partial charge in [-0.1, -0.05) is 39.8 Å². The second-order valence-electron chi connectivity index (χ2n) is 5.02. The molecule has 0 atom stereocenters. The van der Waals surface area contributed by atoms with Gasteiger partial charge < -0.3 is 4.90 Å². The molecule has 1 aromatic rings. The third kappa shape index (κ3) is 3.58. The molecule has 0 spiro atoms. The van der Waals surface area contributed by atoms with Gasteiger partial charge in [0.2, 0.25) is 0 Å². The molecular weight excluding hydrogens is 182 g/mol. The average Bonchev–Trinajstić information content (AvgIpc) is 2.17. The second kappa shape index (κ2) is 5.20. The summed E-state index contributed by atoms with van der Waals surface area (Å²) in [6, 6.07) is 8.85. The van der Waals surface area contributed by atoms with Crippen molar-refractivity contribution in [2.24, 2.45) is 5.92 Å². The first-order valence-corrected chi connectivity index (χ1v) is 5.81. The standard InChI is InChI=1S/C14H23N/c1-11(2)10-15(5)14-8-6-7-13(9-14)12(3)4/h6-9,11-12H,10H2,1-5H3. The van der Waals surface area contributed by atoms with Crippen LogP contribution in [-0.4, -0.2) is 13.6 Å². The first-order chi connectivity index (χ1) is 7.00. The van der Waals surface area contributed by atoms with E-state index < -0.39 is 0 Å². The van der Waals surface area contributed by atoms with Crippen LogP contribution in [0.5, 0.6) is 0 Å². The predicted molar refractivity (Wildman–Crippen MR) is 68.6 cm³/mol. The third-order valence-electron chi connectivity index (χ3n) is 2.62. The Labute approximate surface area is 94.1 Å². The van der Waals surface area contributed by atoms with Gasteiger partial charge in [-0.3, -0.25) is 0 Å². The highest BCUT2D eigenvalue weighted by Crippen LogP contribution is 2.21. The number of hydrogen-bond donors (Lipinski definition) is 0. The summed E-state index contributed by atoms with van der Waals surface area (Å²) < 4.78 is 0. The van der Waals surface area contributed by atoms with E-state index >= 15 is 0 Å². The summed E-state index contributed by atoms with van der Waals surface area (Å²) in [4.78, 5) is 2.33. The largest absolute Gasteiger partial charge is 0.374 e. The lowest BCUT2D eigenvalue weighted by molar-refractivity contribution is 0.638. The van der Waals surface area contributed by atoms with E-state index in [1.165, 1.54) is 11.3 Å². The lowest BCUT2D eigenvalue weighted by atomic mass is 10.0. The van der Waals surface area contributed by atoms with Gasteiger partial charge in [0.25, 0.3) is 0 Å². The van der Waals surface area contributed by atoms with Crippen LogP contribution < -0.4 is 4.90 Å². The molecule has 1 nitrogen and oxygen atoms in total. The van der Waals surface area contributed by atoms with E-state index in [0.717, 1.165) is 6.54 Å². The van der Waals surface area contributed by atoms with E-state index in [1.807, 2.05) is 0 Å². The Hall–Kier alpha value is -0.980.